The normalized spacial score (nSPS) is 11.7. The number of anilines is 1. The second-order valence-electron chi connectivity index (χ2n) is 8.32. The highest BCUT2D eigenvalue weighted by molar-refractivity contribution is 7.92. The van der Waals surface area contributed by atoms with Crippen LogP contribution in [0.2, 0.25) is 0 Å². The molecule has 0 atom stereocenters. The van der Waals surface area contributed by atoms with Crippen LogP contribution in [0.25, 0.3) is 38.7 Å². The minimum absolute atomic E-state index is 0.135. The number of aromatic nitrogens is 4. The van der Waals surface area contributed by atoms with Gasteiger partial charge in [0.05, 0.1) is 29.1 Å². The second-order valence-corrected chi connectivity index (χ2v) is 9.97. The third-order valence-electron chi connectivity index (χ3n) is 5.97. The molecule has 7 nitrogen and oxygen atoms in total. The summed E-state index contributed by atoms with van der Waals surface area (Å²) in [6, 6.07) is 17.4. The molecule has 4 heterocycles. The molecule has 6 rings (SSSR count). The van der Waals surface area contributed by atoms with Gasteiger partial charge in [0.2, 0.25) is 0 Å². The van der Waals surface area contributed by atoms with Crippen LogP contribution in [-0.2, 0) is 10.0 Å². The van der Waals surface area contributed by atoms with E-state index in [1.807, 2.05) is 54.9 Å². The van der Waals surface area contributed by atoms with E-state index in [9.17, 15) is 17.2 Å². The summed E-state index contributed by atoms with van der Waals surface area (Å²) in [4.78, 5) is 7.98. The number of pyridine rings is 3. The highest BCUT2D eigenvalue weighted by Gasteiger charge is 2.20. The lowest BCUT2D eigenvalue weighted by atomic mass is 9.98. The number of nitrogens with one attached hydrogen (secondary N) is 1. The monoisotopic (exact) mass is 513 g/mol. The lowest BCUT2D eigenvalue weighted by Crippen LogP contribution is -2.15. The van der Waals surface area contributed by atoms with E-state index in [1.165, 1.54) is 6.20 Å². The van der Waals surface area contributed by atoms with Gasteiger partial charge in [0, 0.05) is 41.2 Å². The van der Waals surface area contributed by atoms with E-state index in [1.54, 1.807) is 23.0 Å². The van der Waals surface area contributed by atoms with E-state index >= 15 is 0 Å². The number of halogens is 2. The second kappa shape index (κ2) is 8.75. The fourth-order valence-electron chi connectivity index (χ4n) is 4.26. The Morgan fingerprint density at radius 3 is 2.59 bits per heavy atom. The highest BCUT2D eigenvalue weighted by Crippen LogP contribution is 2.34. The van der Waals surface area contributed by atoms with Gasteiger partial charge in [-0.2, -0.15) is 5.10 Å². The molecule has 10 heteroatoms. The molecule has 0 aliphatic carbocycles. The van der Waals surface area contributed by atoms with Crippen molar-refractivity contribution >= 4 is 32.1 Å². The third kappa shape index (κ3) is 4.17. The maximum atomic E-state index is 14.1. The van der Waals surface area contributed by atoms with Gasteiger partial charge in [0.1, 0.15) is 16.5 Å². The molecule has 6 aromatic rings. The zero-order chi connectivity index (χ0) is 25.6. The molecule has 182 valence electrons. The average molecular weight is 514 g/mol. The largest absolute Gasteiger partial charge is 0.278 e. The molecule has 2 aromatic carbocycles. The Balaban J connectivity index is 1.40. The van der Waals surface area contributed by atoms with Crippen molar-refractivity contribution < 1.29 is 17.2 Å². The summed E-state index contributed by atoms with van der Waals surface area (Å²) < 4.78 is 56.9. The van der Waals surface area contributed by atoms with Gasteiger partial charge >= 0.3 is 0 Å². The first kappa shape index (κ1) is 22.7. The molecule has 0 saturated carbocycles. The lowest BCUT2D eigenvalue weighted by molar-refractivity contribution is 0.551. The maximum Gasteiger partial charge on any atom is 0.264 e. The van der Waals surface area contributed by atoms with Crippen molar-refractivity contribution in [1.29, 1.82) is 0 Å². The van der Waals surface area contributed by atoms with Crippen LogP contribution in [0.4, 0.5) is 14.5 Å². The van der Waals surface area contributed by atoms with Crippen LogP contribution in [0.1, 0.15) is 0 Å². The summed E-state index contributed by atoms with van der Waals surface area (Å²) in [5, 5.41) is 5.32. The molecule has 0 bridgehead atoms. The van der Waals surface area contributed by atoms with Crippen LogP contribution in [0.15, 0.2) is 103 Å². The Labute approximate surface area is 210 Å². The van der Waals surface area contributed by atoms with Crippen molar-refractivity contribution in [2.24, 2.45) is 0 Å². The van der Waals surface area contributed by atoms with E-state index in [2.05, 4.69) is 19.8 Å². The summed E-state index contributed by atoms with van der Waals surface area (Å²) in [7, 11) is -4.30. The van der Waals surface area contributed by atoms with Gasteiger partial charge in [-0.15, -0.1) is 0 Å². The number of hydrogen-bond acceptors (Lipinski definition) is 5. The van der Waals surface area contributed by atoms with E-state index in [-0.39, 0.29) is 5.69 Å². The summed E-state index contributed by atoms with van der Waals surface area (Å²) in [5.41, 5.74) is 5.18. The Bertz CT molecular complexity index is 1920. The van der Waals surface area contributed by atoms with E-state index in [4.69, 9.17) is 0 Å². The van der Waals surface area contributed by atoms with Gasteiger partial charge in [-0.05, 0) is 59.7 Å². The van der Waals surface area contributed by atoms with Crippen molar-refractivity contribution in [2.75, 3.05) is 4.72 Å². The van der Waals surface area contributed by atoms with Gasteiger partial charge in [0.15, 0.2) is 0 Å². The van der Waals surface area contributed by atoms with Crippen molar-refractivity contribution in [2.45, 2.75) is 4.90 Å². The maximum absolute atomic E-state index is 14.1. The Morgan fingerprint density at radius 1 is 0.838 bits per heavy atom. The molecular weight excluding hydrogens is 496 g/mol. The van der Waals surface area contributed by atoms with Crippen LogP contribution in [0, 0.1) is 11.6 Å². The molecule has 0 saturated heterocycles. The van der Waals surface area contributed by atoms with Crippen molar-refractivity contribution in [3.8, 4) is 22.3 Å². The number of rotatable bonds is 5. The van der Waals surface area contributed by atoms with Crippen LogP contribution in [0.5, 0.6) is 0 Å². The van der Waals surface area contributed by atoms with Crippen LogP contribution >= 0.6 is 0 Å². The summed E-state index contributed by atoms with van der Waals surface area (Å²) in [5.74, 6) is -2.05. The third-order valence-corrected chi connectivity index (χ3v) is 7.38. The fourth-order valence-corrected chi connectivity index (χ4v) is 5.35. The molecule has 0 aliphatic rings. The van der Waals surface area contributed by atoms with E-state index in [0.29, 0.717) is 11.6 Å². The molecule has 0 unspecified atom stereocenters. The van der Waals surface area contributed by atoms with Crippen molar-refractivity contribution in [3.05, 3.63) is 109 Å². The minimum Gasteiger partial charge on any atom is -0.278 e. The summed E-state index contributed by atoms with van der Waals surface area (Å²) in [6.07, 6.45) is 8.35. The van der Waals surface area contributed by atoms with Gasteiger partial charge in [0.25, 0.3) is 10.0 Å². The van der Waals surface area contributed by atoms with Gasteiger partial charge in [-0.1, -0.05) is 12.1 Å². The molecule has 1 N–H and O–H groups in total. The number of fused-ring (bicyclic) bond motifs is 2. The fraction of sp³-hybridized carbons (Fsp3) is 0. The first-order valence-corrected chi connectivity index (χ1v) is 12.6. The van der Waals surface area contributed by atoms with Gasteiger partial charge in [-0.25, -0.2) is 21.7 Å². The standard InChI is InChI=1S/C27H17F2N5O2S/c28-19-5-7-27(24(29)13-19)37(35,36)33-20-11-18(14-30-15-20)17-4-6-25-22(12-17)21(8-9-31-25)23-16-32-34-10-2-1-3-26(23)34/h1-16,33H. The molecule has 0 amide bonds. The lowest BCUT2D eigenvalue weighted by Gasteiger charge is -2.11. The SMILES string of the molecule is O=S(=O)(Nc1cncc(-c2ccc3nccc(-c4cnn5ccccc45)c3c2)c1)c1ccc(F)cc1F. The zero-order valence-electron chi connectivity index (χ0n) is 19.0. The molecule has 0 radical (unpaired) electrons. The average Bonchev–Trinajstić information content (AvgIpc) is 3.32. The zero-order valence-corrected chi connectivity index (χ0v) is 19.8. The number of sulfonamides is 1. The van der Waals surface area contributed by atoms with Gasteiger partial charge in [-0.3, -0.25) is 14.7 Å². The first-order chi connectivity index (χ1) is 17.9. The first-order valence-electron chi connectivity index (χ1n) is 11.1. The van der Waals surface area contributed by atoms with Crippen LogP contribution in [-0.4, -0.2) is 28.0 Å². The van der Waals surface area contributed by atoms with Gasteiger partial charge < -0.3 is 0 Å². The topological polar surface area (TPSA) is 89.2 Å². The number of hydrogen-bond donors (Lipinski definition) is 1. The number of benzene rings is 2. The van der Waals surface area contributed by atoms with E-state index < -0.39 is 26.6 Å². The Morgan fingerprint density at radius 2 is 1.73 bits per heavy atom. The molecule has 37 heavy (non-hydrogen) atoms. The Kier molecular flexibility index (Phi) is 5.38. The van der Waals surface area contributed by atoms with Crippen LogP contribution < -0.4 is 4.72 Å². The molecule has 4 aromatic heterocycles. The van der Waals surface area contributed by atoms with Crippen molar-refractivity contribution in [1.82, 2.24) is 19.6 Å². The van der Waals surface area contributed by atoms with Crippen molar-refractivity contribution in [3.63, 3.8) is 0 Å². The highest BCUT2D eigenvalue weighted by atomic mass is 32.2. The van der Waals surface area contributed by atoms with E-state index in [0.717, 1.165) is 45.2 Å². The molecule has 0 aliphatic heterocycles. The molecule has 0 fully saturated rings. The predicted molar refractivity (Wildman–Crippen MR) is 136 cm³/mol. The molecular formula is C27H17F2N5O2S. The quantitative estimate of drug-likeness (QED) is 0.320. The summed E-state index contributed by atoms with van der Waals surface area (Å²) in [6.45, 7) is 0. The Hall–Kier alpha value is -4.70. The van der Waals surface area contributed by atoms with Crippen LogP contribution in [0.3, 0.4) is 0 Å². The molecule has 0 spiro atoms. The summed E-state index contributed by atoms with van der Waals surface area (Å²) >= 11 is 0. The predicted octanol–water partition coefficient (Wildman–Crippen LogP) is 5.69. The number of nitrogens with zero attached hydrogens (tertiary/aromatic N) is 4. The minimum atomic E-state index is -4.30. The smallest absolute Gasteiger partial charge is 0.264 e.